The first-order valence-electron chi connectivity index (χ1n) is 7.18. The number of benzene rings is 1. The van der Waals surface area contributed by atoms with Gasteiger partial charge in [-0.15, -0.1) is 0 Å². The zero-order valence-electron chi connectivity index (χ0n) is 12.5. The van der Waals surface area contributed by atoms with E-state index in [4.69, 9.17) is 0 Å². The molecule has 2 rings (SSSR count). The second kappa shape index (κ2) is 6.58. The second-order valence-corrected chi connectivity index (χ2v) is 7.52. The van der Waals surface area contributed by atoms with Crippen LogP contribution in [-0.2, 0) is 21.4 Å². The maximum Gasteiger partial charge on any atom is 0.238 e. The number of carbonyl (C=O) groups excluding carboxylic acids is 1. The van der Waals surface area contributed by atoms with Gasteiger partial charge < -0.3 is 5.32 Å². The minimum absolute atomic E-state index is 0.208. The van der Waals surface area contributed by atoms with Crippen LogP contribution in [0.5, 0.6) is 0 Å². The zero-order chi connectivity index (χ0) is 15.5. The molecule has 1 fully saturated rings. The molecule has 1 aromatic rings. The van der Waals surface area contributed by atoms with Crippen molar-refractivity contribution in [3.05, 3.63) is 35.4 Å². The van der Waals surface area contributed by atoms with Crippen molar-refractivity contribution >= 4 is 15.9 Å². The Morgan fingerprint density at radius 3 is 2.57 bits per heavy atom. The van der Waals surface area contributed by atoms with Crippen LogP contribution in [0.4, 0.5) is 0 Å². The van der Waals surface area contributed by atoms with Crippen LogP contribution in [0.1, 0.15) is 30.4 Å². The molecule has 1 N–H and O–H groups in total. The topological polar surface area (TPSA) is 66.5 Å². The van der Waals surface area contributed by atoms with Crippen LogP contribution in [-0.4, -0.2) is 37.5 Å². The molecule has 1 amide bonds. The van der Waals surface area contributed by atoms with E-state index in [1.165, 1.54) is 16.1 Å². The van der Waals surface area contributed by atoms with Gasteiger partial charge in [-0.1, -0.05) is 36.2 Å². The van der Waals surface area contributed by atoms with Gasteiger partial charge in [0.2, 0.25) is 15.9 Å². The summed E-state index contributed by atoms with van der Waals surface area (Å²) in [4.78, 5) is 12.3. The highest BCUT2D eigenvalue weighted by atomic mass is 32.2. The predicted octanol–water partition coefficient (Wildman–Crippen LogP) is 1.43. The fraction of sp³-hybridized carbons (Fsp3) is 0.533. The van der Waals surface area contributed by atoms with Crippen LogP contribution in [0.25, 0.3) is 0 Å². The molecule has 1 saturated heterocycles. The molecule has 5 nitrogen and oxygen atoms in total. The van der Waals surface area contributed by atoms with Crippen molar-refractivity contribution in [3.63, 3.8) is 0 Å². The Kier molecular flexibility index (Phi) is 5.00. The molecular formula is C15H22N2O3S. The molecule has 0 bridgehead atoms. The number of amides is 1. The number of carbonyl (C=O) groups is 1. The maximum atomic E-state index is 12.3. The third-order valence-electron chi connectivity index (χ3n) is 3.77. The first kappa shape index (κ1) is 16.0. The highest BCUT2D eigenvalue weighted by Gasteiger charge is 2.34. The van der Waals surface area contributed by atoms with Crippen molar-refractivity contribution in [1.29, 1.82) is 0 Å². The molecule has 0 aliphatic carbocycles. The molecule has 0 spiro atoms. The van der Waals surface area contributed by atoms with Crippen LogP contribution in [0.3, 0.4) is 0 Å². The van der Waals surface area contributed by atoms with Crippen molar-refractivity contribution in [2.24, 2.45) is 0 Å². The second-order valence-electron chi connectivity index (χ2n) is 5.59. The number of rotatable bonds is 4. The Bertz CT molecular complexity index is 596. The van der Waals surface area contributed by atoms with Crippen LogP contribution in [0, 0.1) is 6.92 Å². The fourth-order valence-electron chi connectivity index (χ4n) is 2.58. The van der Waals surface area contributed by atoms with E-state index in [9.17, 15) is 13.2 Å². The number of nitrogens with one attached hydrogen (secondary N) is 1. The lowest BCUT2D eigenvalue weighted by atomic mass is 10.0. The minimum Gasteiger partial charge on any atom is -0.351 e. The summed E-state index contributed by atoms with van der Waals surface area (Å²) in [6.45, 7) is 2.86. The quantitative estimate of drug-likeness (QED) is 0.915. The number of piperidine rings is 1. The highest BCUT2D eigenvalue weighted by molar-refractivity contribution is 7.88. The summed E-state index contributed by atoms with van der Waals surface area (Å²) in [6.07, 6.45) is 3.45. The maximum absolute atomic E-state index is 12.3. The lowest BCUT2D eigenvalue weighted by Crippen LogP contribution is -2.51. The first-order chi connectivity index (χ1) is 9.88. The molecule has 0 radical (unpaired) electrons. The van der Waals surface area contributed by atoms with Gasteiger partial charge in [-0.25, -0.2) is 8.42 Å². The number of sulfonamides is 1. The Labute approximate surface area is 126 Å². The van der Waals surface area contributed by atoms with Crippen LogP contribution in [0.15, 0.2) is 24.3 Å². The first-order valence-corrected chi connectivity index (χ1v) is 9.03. The number of hydrogen-bond donors (Lipinski definition) is 1. The number of hydrogen-bond acceptors (Lipinski definition) is 3. The molecule has 1 aliphatic rings. The van der Waals surface area contributed by atoms with Crippen LogP contribution < -0.4 is 5.32 Å². The van der Waals surface area contributed by atoms with E-state index >= 15 is 0 Å². The fourth-order valence-corrected chi connectivity index (χ4v) is 3.70. The van der Waals surface area contributed by atoms with Gasteiger partial charge in [-0.05, 0) is 25.3 Å². The molecule has 0 aromatic heterocycles. The zero-order valence-corrected chi connectivity index (χ0v) is 13.3. The summed E-state index contributed by atoms with van der Waals surface area (Å²) < 4.78 is 24.8. The Morgan fingerprint density at radius 2 is 1.95 bits per heavy atom. The number of aryl methyl sites for hydroxylation is 1. The summed E-state index contributed by atoms with van der Waals surface area (Å²) in [5.74, 6) is -0.208. The Balaban J connectivity index is 1.99. The van der Waals surface area contributed by atoms with E-state index in [1.807, 2.05) is 31.2 Å². The van der Waals surface area contributed by atoms with Gasteiger partial charge in [0.15, 0.2) is 0 Å². The molecule has 0 saturated carbocycles. The largest absolute Gasteiger partial charge is 0.351 e. The normalized spacial score (nSPS) is 20.2. The lowest BCUT2D eigenvalue weighted by Gasteiger charge is -2.32. The smallest absolute Gasteiger partial charge is 0.238 e. The van der Waals surface area contributed by atoms with Crippen molar-refractivity contribution < 1.29 is 13.2 Å². The summed E-state index contributed by atoms with van der Waals surface area (Å²) >= 11 is 0. The van der Waals surface area contributed by atoms with Crippen molar-refractivity contribution in [1.82, 2.24) is 9.62 Å². The van der Waals surface area contributed by atoms with E-state index in [1.54, 1.807) is 0 Å². The van der Waals surface area contributed by atoms with E-state index in [0.717, 1.165) is 18.4 Å². The standard InChI is InChI=1S/C15H22N2O3S/c1-12-6-8-13(9-7-12)11-16-15(18)14-5-3-4-10-17(14)21(2,19)20/h6-9,14H,3-5,10-11H2,1-2H3,(H,16,18)/t14-/m1/s1. The third kappa shape index (κ3) is 4.28. The summed E-state index contributed by atoms with van der Waals surface area (Å²) in [7, 11) is -3.34. The van der Waals surface area contributed by atoms with Crippen molar-refractivity contribution in [2.75, 3.05) is 12.8 Å². The highest BCUT2D eigenvalue weighted by Crippen LogP contribution is 2.20. The van der Waals surface area contributed by atoms with Crippen molar-refractivity contribution in [3.8, 4) is 0 Å². The van der Waals surface area contributed by atoms with Crippen molar-refractivity contribution in [2.45, 2.75) is 38.8 Å². The molecule has 6 heteroatoms. The van der Waals surface area contributed by atoms with E-state index < -0.39 is 16.1 Å². The summed E-state index contributed by atoms with van der Waals surface area (Å²) in [5, 5.41) is 2.85. The third-order valence-corrected chi connectivity index (χ3v) is 5.06. The van der Waals surface area contributed by atoms with Gasteiger partial charge in [0, 0.05) is 13.1 Å². The predicted molar refractivity (Wildman–Crippen MR) is 82.2 cm³/mol. The molecule has 21 heavy (non-hydrogen) atoms. The van der Waals surface area contributed by atoms with Gasteiger partial charge in [0.25, 0.3) is 0 Å². The molecule has 0 unspecified atom stereocenters. The number of nitrogens with zero attached hydrogens (tertiary/aromatic N) is 1. The van der Waals surface area contributed by atoms with Gasteiger partial charge in [-0.3, -0.25) is 4.79 Å². The Hall–Kier alpha value is -1.40. The van der Waals surface area contributed by atoms with Gasteiger partial charge >= 0.3 is 0 Å². The van der Waals surface area contributed by atoms with E-state index in [2.05, 4.69) is 5.32 Å². The lowest BCUT2D eigenvalue weighted by molar-refractivity contribution is -0.125. The van der Waals surface area contributed by atoms with Crippen LogP contribution in [0.2, 0.25) is 0 Å². The molecule has 1 aliphatic heterocycles. The van der Waals surface area contributed by atoms with Crippen LogP contribution >= 0.6 is 0 Å². The minimum atomic E-state index is -3.34. The summed E-state index contributed by atoms with van der Waals surface area (Å²) in [5.41, 5.74) is 2.18. The SMILES string of the molecule is Cc1ccc(CNC(=O)[C@H]2CCCCN2S(C)(=O)=O)cc1. The monoisotopic (exact) mass is 310 g/mol. The molecule has 1 atom stereocenters. The molecular weight excluding hydrogens is 288 g/mol. The molecule has 1 heterocycles. The van der Waals surface area contributed by atoms with Gasteiger partial charge in [0.05, 0.1) is 6.26 Å². The van der Waals surface area contributed by atoms with E-state index in [0.29, 0.717) is 19.5 Å². The average Bonchev–Trinajstić information content (AvgIpc) is 2.45. The van der Waals surface area contributed by atoms with Gasteiger partial charge in [-0.2, -0.15) is 4.31 Å². The Morgan fingerprint density at radius 1 is 1.29 bits per heavy atom. The van der Waals surface area contributed by atoms with Gasteiger partial charge in [0.1, 0.15) is 6.04 Å². The molecule has 116 valence electrons. The molecule has 1 aromatic carbocycles. The van der Waals surface area contributed by atoms with E-state index in [-0.39, 0.29) is 5.91 Å². The average molecular weight is 310 g/mol. The summed E-state index contributed by atoms with van der Waals surface area (Å²) in [6, 6.07) is 7.34.